The lowest BCUT2D eigenvalue weighted by molar-refractivity contribution is 0.0995. The number of carbonyl (C=O) groups excluding carboxylic acids is 1. The van der Waals surface area contributed by atoms with Crippen LogP contribution >= 0.6 is 0 Å². The molecule has 0 unspecified atom stereocenters. The van der Waals surface area contributed by atoms with Crippen LogP contribution in [-0.4, -0.2) is 29.2 Å². The topological polar surface area (TPSA) is 96.3 Å². The van der Waals surface area contributed by atoms with Gasteiger partial charge in [-0.25, -0.2) is 0 Å². The van der Waals surface area contributed by atoms with Crippen LogP contribution in [0, 0.1) is 0 Å². The van der Waals surface area contributed by atoms with Crippen molar-refractivity contribution in [3.05, 3.63) is 47.5 Å². The predicted octanol–water partition coefficient (Wildman–Crippen LogP) is 4.13. The number of fused-ring (bicyclic) bond motifs is 2. The molecule has 0 saturated carbocycles. The Labute approximate surface area is 149 Å². The standard InChI is InChI=1S/C19H17N3O4/c1-2-11-3-5-12(6-4-11)18(23)22-21-17-13-9-15-16(26-8-7-25-15)10-14(13)20-19(17)24/h3-6,9-10,20,24H,2,7-8H2,1H3. The van der Waals surface area contributed by atoms with Crippen LogP contribution in [0.5, 0.6) is 17.4 Å². The summed E-state index contributed by atoms with van der Waals surface area (Å²) >= 11 is 0. The molecule has 0 fully saturated rings. The second kappa shape index (κ2) is 6.51. The highest BCUT2D eigenvalue weighted by atomic mass is 16.6. The van der Waals surface area contributed by atoms with Crippen LogP contribution in [0.1, 0.15) is 22.8 Å². The van der Waals surface area contributed by atoms with E-state index in [2.05, 4.69) is 15.2 Å². The van der Waals surface area contributed by atoms with E-state index in [-0.39, 0.29) is 11.6 Å². The van der Waals surface area contributed by atoms with Gasteiger partial charge in [-0.3, -0.25) is 4.79 Å². The molecule has 4 rings (SSSR count). The molecule has 1 amide bonds. The molecular weight excluding hydrogens is 334 g/mol. The normalized spacial score (nSPS) is 13.4. The molecular formula is C19H17N3O4. The average Bonchev–Trinajstić information content (AvgIpc) is 2.98. The Morgan fingerprint density at radius 1 is 1.15 bits per heavy atom. The lowest BCUT2D eigenvalue weighted by atomic mass is 10.1. The zero-order valence-electron chi connectivity index (χ0n) is 14.2. The number of hydrogen-bond donors (Lipinski definition) is 2. The fourth-order valence-electron chi connectivity index (χ4n) is 2.84. The van der Waals surface area contributed by atoms with Crippen LogP contribution in [-0.2, 0) is 6.42 Å². The molecule has 3 aromatic rings. The predicted molar refractivity (Wildman–Crippen MR) is 95.6 cm³/mol. The van der Waals surface area contributed by atoms with E-state index < -0.39 is 5.91 Å². The third kappa shape index (κ3) is 2.88. The number of hydrogen-bond acceptors (Lipinski definition) is 5. The largest absolute Gasteiger partial charge is 0.493 e. The van der Waals surface area contributed by atoms with Crippen LogP contribution in [0.2, 0.25) is 0 Å². The van der Waals surface area contributed by atoms with Crippen molar-refractivity contribution in [3.8, 4) is 17.4 Å². The third-order valence-corrected chi connectivity index (χ3v) is 4.26. The van der Waals surface area contributed by atoms with E-state index in [0.717, 1.165) is 12.0 Å². The Hall–Kier alpha value is -3.35. The van der Waals surface area contributed by atoms with Crippen molar-refractivity contribution < 1.29 is 19.4 Å². The molecule has 1 aliphatic heterocycles. The smallest absolute Gasteiger partial charge is 0.295 e. The molecule has 2 N–H and O–H groups in total. The lowest BCUT2D eigenvalue weighted by Gasteiger charge is -2.17. The average molecular weight is 351 g/mol. The first-order valence-corrected chi connectivity index (χ1v) is 8.35. The van der Waals surface area contributed by atoms with Gasteiger partial charge in [-0.1, -0.05) is 19.1 Å². The summed E-state index contributed by atoms with van der Waals surface area (Å²) in [5, 5.41) is 18.4. The first-order valence-electron chi connectivity index (χ1n) is 8.35. The van der Waals surface area contributed by atoms with Gasteiger partial charge in [0, 0.05) is 17.0 Å². The number of nitrogens with zero attached hydrogens (tertiary/aromatic N) is 2. The first kappa shape index (κ1) is 16.1. The highest BCUT2D eigenvalue weighted by molar-refractivity contribution is 5.98. The van der Waals surface area contributed by atoms with E-state index in [1.54, 1.807) is 24.3 Å². The number of aryl methyl sites for hydroxylation is 1. The van der Waals surface area contributed by atoms with Gasteiger partial charge in [0.05, 0.1) is 5.52 Å². The first-order chi connectivity index (χ1) is 12.7. The molecule has 0 spiro atoms. The Morgan fingerprint density at radius 2 is 1.85 bits per heavy atom. The van der Waals surface area contributed by atoms with Gasteiger partial charge in [-0.15, -0.1) is 10.2 Å². The number of ether oxygens (including phenoxy) is 2. The highest BCUT2D eigenvalue weighted by Gasteiger charge is 2.18. The molecule has 0 saturated heterocycles. The van der Waals surface area contributed by atoms with Crippen LogP contribution < -0.4 is 9.47 Å². The molecule has 7 nitrogen and oxygen atoms in total. The third-order valence-electron chi connectivity index (χ3n) is 4.26. The van der Waals surface area contributed by atoms with Crippen molar-refractivity contribution in [3.63, 3.8) is 0 Å². The van der Waals surface area contributed by atoms with Crippen molar-refractivity contribution in [2.45, 2.75) is 13.3 Å². The van der Waals surface area contributed by atoms with Gasteiger partial charge in [0.1, 0.15) is 13.2 Å². The maximum absolute atomic E-state index is 12.2. The van der Waals surface area contributed by atoms with Crippen LogP contribution in [0.25, 0.3) is 10.9 Å². The summed E-state index contributed by atoms with van der Waals surface area (Å²) in [6, 6.07) is 10.7. The van der Waals surface area contributed by atoms with Gasteiger partial charge in [-0.2, -0.15) is 0 Å². The van der Waals surface area contributed by atoms with Gasteiger partial charge in [0.25, 0.3) is 5.91 Å². The molecule has 0 atom stereocenters. The summed E-state index contributed by atoms with van der Waals surface area (Å²) < 4.78 is 11.1. The summed E-state index contributed by atoms with van der Waals surface area (Å²) in [5.41, 5.74) is 2.40. The van der Waals surface area contributed by atoms with Crippen molar-refractivity contribution >= 4 is 22.5 Å². The van der Waals surface area contributed by atoms with Gasteiger partial charge < -0.3 is 19.6 Å². The molecule has 7 heteroatoms. The van der Waals surface area contributed by atoms with E-state index in [4.69, 9.17) is 9.47 Å². The molecule has 1 aromatic heterocycles. The van der Waals surface area contributed by atoms with Gasteiger partial charge in [0.2, 0.25) is 5.88 Å². The number of benzene rings is 2. The molecule has 0 bridgehead atoms. The zero-order valence-corrected chi connectivity index (χ0v) is 14.2. The number of nitrogens with one attached hydrogen (secondary N) is 1. The molecule has 0 radical (unpaired) electrons. The maximum Gasteiger partial charge on any atom is 0.295 e. The molecule has 1 aliphatic rings. The van der Waals surface area contributed by atoms with E-state index in [1.165, 1.54) is 0 Å². The van der Waals surface area contributed by atoms with Crippen molar-refractivity contribution in [1.82, 2.24) is 4.98 Å². The Balaban J connectivity index is 1.66. The minimum Gasteiger partial charge on any atom is -0.493 e. The van der Waals surface area contributed by atoms with E-state index in [9.17, 15) is 9.90 Å². The van der Waals surface area contributed by atoms with Crippen molar-refractivity contribution in [2.24, 2.45) is 10.2 Å². The lowest BCUT2D eigenvalue weighted by Crippen LogP contribution is -2.15. The summed E-state index contributed by atoms with van der Waals surface area (Å²) in [7, 11) is 0. The summed E-state index contributed by atoms with van der Waals surface area (Å²) in [6.45, 7) is 2.98. The van der Waals surface area contributed by atoms with Gasteiger partial charge in [0.15, 0.2) is 17.2 Å². The molecule has 0 aliphatic carbocycles. The second-order valence-electron chi connectivity index (χ2n) is 5.92. The second-order valence-corrected chi connectivity index (χ2v) is 5.92. The number of aromatic amines is 1. The Kier molecular flexibility index (Phi) is 4.04. The number of aromatic hydroxyl groups is 1. The molecule has 2 aromatic carbocycles. The maximum atomic E-state index is 12.2. The van der Waals surface area contributed by atoms with Crippen molar-refractivity contribution in [2.75, 3.05) is 13.2 Å². The number of H-pyrrole nitrogens is 1. The number of carbonyl (C=O) groups is 1. The summed E-state index contributed by atoms with van der Waals surface area (Å²) in [6.07, 6.45) is 0.898. The minimum atomic E-state index is -0.473. The minimum absolute atomic E-state index is 0.166. The summed E-state index contributed by atoms with van der Waals surface area (Å²) in [4.78, 5) is 15.0. The highest BCUT2D eigenvalue weighted by Crippen LogP contribution is 2.42. The monoisotopic (exact) mass is 351 g/mol. The van der Waals surface area contributed by atoms with Gasteiger partial charge >= 0.3 is 0 Å². The van der Waals surface area contributed by atoms with Crippen LogP contribution in [0.4, 0.5) is 5.69 Å². The zero-order chi connectivity index (χ0) is 18.1. The quantitative estimate of drug-likeness (QED) is 0.693. The number of azo groups is 1. The number of rotatable bonds is 3. The molecule has 2 heterocycles. The Morgan fingerprint density at radius 3 is 2.54 bits per heavy atom. The van der Waals surface area contributed by atoms with E-state index >= 15 is 0 Å². The van der Waals surface area contributed by atoms with Crippen LogP contribution in [0.15, 0.2) is 46.6 Å². The SMILES string of the molecule is CCc1ccc(C(=O)N=Nc2c(O)[nH]c3cc4c(cc23)OCCO4)cc1. The number of amides is 1. The van der Waals surface area contributed by atoms with E-state index in [1.807, 2.05) is 19.1 Å². The molecule has 132 valence electrons. The molecule has 26 heavy (non-hydrogen) atoms. The fraction of sp³-hybridized carbons (Fsp3) is 0.211. The number of aromatic nitrogens is 1. The Bertz CT molecular complexity index is 1010. The van der Waals surface area contributed by atoms with Crippen LogP contribution in [0.3, 0.4) is 0 Å². The van der Waals surface area contributed by atoms with E-state index in [0.29, 0.717) is 41.2 Å². The van der Waals surface area contributed by atoms with Crippen molar-refractivity contribution in [1.29, 1.82) is 0 Å². The van der Waals surface area contributed by atoms with Gasteiger partial charge in [-0.05, 0) is 30.2 Å². The summed E-state index contributed by atoms with van der Waals surface area (Å²) in [5.74, 6) is 0.528. The fourth-order valence-corrected chi connectivity index (χ4v) is 2.84.